The first-order valence-corrected chi connectivity index (χ1v) is 5.66. The fourth-order valence-corrected chi connectivity index (χ4v) is 2.91. The standard InChI is InChI=1S/C13H15NO2/c1-8(15)11-7-10-9-5-3-4-6-12(9)16-13(10)14(11)2/h3-6,10-11,13H,7H2,1-2H3. The first-order valence-electron chi connectivity index (χ1n) is 5.66. The summed E-state index contributed by atoms with van der Waals surface area (Å²) in [6.45, 7) is 1.66. The lowest BCUT2D eigenvalue weighted by Crippen LogP contribution is -2.38. The van der Waals surface area contributed by atoms with Crippen LogP contribution in [0, 0.1) is 0 Å². The third kappa shape index (κ3) is 1.21. The number of likely N-dealkylation sites (tertiary alicyclic amines) is 1. The van der Waals surface area contributed by atoms with Crippen molar-refractivity contribution in [2.45, 2.75) is 31.5 Å². The molecule has 0 N–H and O–H groups in total. The average Bonchev–Trinajstić information content (AvgIpc) is 2.76. The highest BCUT2D eigenvalue weighted by Gasteiger charge is 2.47. The lowest BCUT2D eigenvalue weighted by Gasteiger charge is -2.22. The number of para-hydroxylation sites is 1. The third-order valence-electron chi connectivity index (χ3n) is 3.75. The Morgan fingerprint density at radius 2 is 2.19 bits per heavy atom. The molecule has 1 aromatic carbocycles. The highest BCUT2D eigenvalue weighted by Crippen LogP contribution is 2.46. The summed E-state index contributed by atoms with van der Waals surface area (Å²) in [5.41, 5.74) is 1.25. The van der Waals surface area contributed by atoms with Crippen LogP contribution in [0.4, 0.5) is 0 Å². The molecule has 2 aliphatic rings. The Bertz CT molecular complexity index is 443. The van der Waals surface area contributed by atoms with Gasteiger partial charge in [-0.2, -0.15) is 0 Å². The Kier molecular flexibility index (Phi) is 2.04. The van der Waals surface area contributed by atoms with Gasteiger partial charge in [0, 0.05) is 11.5 Å². The summed E-state index contributed by atoms with van der Waals surface area (Å²) in [5, 5.41) is 0. The molecule has 3 atom stereocenters. The molecule has 0 amide bonds. The summed E-state index contributed by atoms with van der Waals surface area (Å²) in [4.78, 5) is 13.6. The molecule has 0 spiro atoms. The van der Waals surface area contributed by atoms with E-state index >= 15 is 0 Å². The van der Waals surface area contributed by atoms with E-state index in [1.54, 1.807) is 6.92 Å². The molecule has 0 saturated carbocycles. The molecule has 0 aliphatic carbocycles. The van der Waals surface area contributed by atoms with Gasteiger partial charge in [-0.15, -0.1) is 0 Å². The van der Waals surface area contributed by atoms with Crippen molar-refractivity contribution in [1.82, 2.24) is 4.90 Å². The molecule has 84 valence electrons. The van der Waals surface area contributed by atoms with Crippen LogP contribution in [-0.4, -0.2) is 30.0 Å². The highest BCUT2D eigenvalue weighted by molar-refractivity contribution is 5.82. The van der Waals surface area contributed by atoms with Gasteiger partial charge in [-0.1, -0.05) is 18.2 Å². The minimum Gasteiger partial charge on any atom is -0.474 e. The summed E-state index contributed by atoms with van der Waals surface area (Å²) in [6, 6.07) is 8.15. The second kappa shape index (κ2) is 3.32. The number of ketones is 1. The number of carbonyl (C=O) groups is 1. The minimum absolute atomic E-state index is 0.0170. The number of benzene rings is 1. The molecule has 2 aliphatic heterocycles. The molecule has 1 aromatic rings. The normalized spacial score (nSPS) is 32.0. The second-order valence-electron chi connectivity index (χ2n) is 4.68. The van der Waals surface area contributed by atoms with Crippen LogP contribution in [0.5, 0.6) is 5.75 Å². The Morgan fingerprint density at radius 1 is 1.44 bits per heavy atom. The monoisotopic (exact) mass is 217 g/mol. The summed E-state index contributed by atoms with van der Waals surface area (Å²) >= 11 is 0. The Hall–Kier alpha value is -1.35. The van der Waals surface area contributed by atoms with E-state index in [2.05, 4.69) is 11.0 Å². The predicted octanol–water partition coefficient (Wildman–Crippen LogP) is 1.78. The average molecular weight is 217 g/mol. The molecule has 1 fully saturated rings. The molecule has 0 radical (unpaired) electrons. The molecule has 2 heterocycles. The quantitative estimate of drug-likeness (QED) is 0.718. The molecular weight excluding hydrogens is 202 g/mol. The SMILES string of the molecule is CC(=O)C1CC2c3ccccc3OC2N1C. The second-order valence-corrected chi connectivity index (χ2v) is 4.68. The van der Waals surface area contributed by atoms with E-state index in [1.807, 2.05) is 25.2 Å². The number of rotatable bonds is 1. The van der Waals surface area contributed by atoms with Crippen molar-refractivity contribution in [1.29, 1.82) is 0 Å². The number of carbonyl (C=O) groups excluding carboxylic acids is 1. The van der Waals surface area contributed by atoms with Crippen LogP contribution < -0.4 is 4.74 Å². The maximum absolute atomic E-state index is 11.5. The van der Waals surface area contributed by atoms with Crippen molar-refractivity contribution in [3.63, 3.8) is 0 Å². The van der Waals surface area contributed by atoms with Crippen molar-refractivity contribution >= 4 is 5.78 Å². The number of hydrogen-bond acceptors (Lipinski definition) is 3. The molecule has 3 rings (SSSR count). The van der Waals surface area contributed by atoms with Gasteiger partial charge in [-0.3, -0.25) is 9.69 Å². The van der Waals surface area contributed by atoms with E-state index in [0.29, 0.717) is 5.92 Å². The maximum Gasteiger partial charge on any atom is 0.160 e. The van der Waals surface area contributed by atoms with Crippen molar-refractivity contribution in [2.24, 2.45) is 0 Å². The topological polar surface area (TPSA) is 29.5 Å². The van der Waals surface area contributed by atoms with Gasteiger partial charge in [0.25, 0.3) is 0 Å². The molecule has 3 heteroatoms. The molecule has 3 nitrogen and oxygen atoms in total. The minimum atomic E-state index is 0.0170. The number of ether oxygens (including phenoxy) is 1. The predicted molar refractivity (Wildman–Crippen MR) is 60.4 cm³/mol. The first kappa shape index (κ1) is 9.85. The van der Waals surface area contributed by atoms with Crippen LogP contribution in [0.2, 0.25) is 0 Å². The fourth-order valence-electron chi connectivity index (χ4n) is 2.91. The zero-order valence-electron chi connectivity index (χ0n) is 9.51. The van der Waals surface area contributed by atoms with E-state index in [4.69, 9.17) is 4.74 Å². The van der Waals surface area contributed by atoms with Gasteiger partial charge in [-0.05, 0) is 26.5 Å². The molecular formula is C13H15NO2. The smallest absolute Gasteiger partial charge is 0.160 e. The zero-order chi connectivity index (χ0) is 11.3. The van der Waals surface area contributed by atoms with Crippen LogP contribution in [0.1, 0.15) is 24.8 Å². The fraction of sp³-hybridized carbons (Fsp3) is 0.462. The Labute approximate surface area is 95.0 Å². The van der Waals surface area contributed by atoms with Crippen molar-refractivity contribution in [2.75, 3.05) is 7.05 Å². The van der Waals surface area contributed by atoms with Gasteiger partial charge in [0.2, 0.25) is 0 Å². The Morgan fingerprint density at radius 3 is 2.94 bits per heavy atom. The summed E-state index contributed by atoms with van der Waals surface area (Å²) in [6.07, 6.45) is 0.930. The summed E-state index contributed by atoms with van der Waals surface area (Å²) in [5.74, 6) is 1.57. The van der Waals surface area contributed by atoms with Gasteiger partial charge < -0.3 is 4.74 Å². The van der Waals surface area contributed by atoms with E-state index < -0.39 is 0 Å². The number of nitrogens with zero attached hydrogens (tertiary/aromatic N) is 1. The van der Waals surface area contributed by atoms with Crippen molar-refractivity contribution in [3.05, 3.63) is 29.8 Å². The van der Waals surface area contributed by atoms with Crippen LogP contribution in [-0.2, 0) is 4.79 Å². The van der Waals surface area contributed by atoms with Gasteiger partial charge in [-0.25, -0.2) is 0 Å². The van der Waals surface area contributed by atoms with Crippen LogP contribution in [0.3, 0.4) is 0 Å². The summed E-state index contributed by atoms with van der Waals surface area (Å²) in [7, 11) is 1.97. The number of fused-ring (bicyclic) bond motifs is 3. The van der Waals surface area contributed by atoms with Crippen LogP contribution in [0.25, 0.3) is 0 Å². The molecule has 0 bridgehead atoms. The lowest BCUT2D eigenvalue weighted by atomic mass is 9.95. The summed E-state index contributed by atoms with van der Waals surface area (Å²) < 4.78 is 5.90. The third-order valence-corrected chi connectivity index (χ3v) is 3.75. The van der Waals surface area contributed by atoms with Gasteiger partial charge in [0.05, 0.1) is 6.04 Å². The Balaban J connectivity index is 1.96. The van der Waals surface area contributed by atoms with E-state index in [-0.39, 0.29) is 18.1 Å². The lowest BCUT2D eigenvalue weighted by molar-refractivity contribution is -0.122. The first-order chi connectivity index (χ1) is 7.68. The van der Waals surface area contributed by atoms with Crippen LogP contribution >= 0.6 is 0 Å². The maximum atomic E-state index is 11.5. The number of hydrogen-bond donors (Lipinski definition) is 0. The van der Waals surface area contributed by atoms with Gasteiger partial charge >= 0.3 is 0 Å². The van der Waals surface area contributed by atoms with Crippen molar-refractivity contribution in [3.8, 4) is 5.75 Å². The van der Waals surface area contributed by atoms with Crippen LogP contribution in [0.15, 0.2) is 24.3 Å². The van der Waals surface area contributed by atoms with E-state index in [1.165, 1.54) is 5.56 Å². The zero-order valence-corrected chi connectivity index (χ0v) is 9.51. The van der Waals surface area contributed by atoms with E-state index in [0.717, 1.165) is 12.2 Å². The molecule has 3 unspecified atom stereocenters. The largest absolute Gasteiger partial charge is 0.474 e. The van der Waals surface area contributed by atoms with Crippen molar-refractivity contribution < 1.29 is 9.53 Å². The number of Topliss-reactive ketones (excluding diaryl/α,β-unsaturated/α-hetero) is 1. The van der Waals surface area contributed by atoms with Gasteiger partial charge in [0.1, 0.15) is 11.5 Å². The molecule has 1 saturated heterocycles. The molecule has 16 heavy (non-hydrogen) atoms. The highest BCUT2D eigenvalue weighted by atomic mass is 16.5. The number of likely N-dealkylation sites (N-methyl/N-ethyl adjacent to an activating group) is 1. The van der Waals surface area contributed by atoms with Gasteiger partial charge in [0.15, 0.2) is 6.23 Å². The van der Waals surface area contributed by atoms with E-state index in [9.17, 15) is 4.79 Å². The molecule has 0 aromatic heterocycles.